The quantitative estimate of drug-likeness (QED) is 0.942. The highest BCUT2D eigenvalue weighted by atomic mass is 16.2. The SMILES string of the molecule is Cc1ccc(C(=O)NC2CCCCN2C(=O)c2ccccc2)cc1. The number of carbonyl (C=O) groups excluding carboxylic acids is 2. The van der Waals surface area contributed by atoms with E-state index in [9.17, 15) is 9.59 Å². The summed E-state index contributed by atoms with van der Waals surface area (Å²) in [7, 11) is 0. The lowest BCUT2D eigenvalue weighted by molar-refractivity contribution is 0.0539. The fourth-order valence-corrected chi connectivity index (χ4v) is 3.01. The molecule has 2 amide bonds. The molecule has 1 aliphatic rings. The van der Waals surface area contributed by atoms with Crippen LogP contribution in [0.3, 0.4) is 0 Å². The molecule has 0 aromatic heterocycles. The minimum absolute atomic E-state index is 0.0236. The summed E-state index contributed by atoms with van der Waals surface area (Å²) < 4.78 is 0. The summed E-state index contributed by atoms with van der Waals surface area (Å²) in [4.78, 5) is 27.0. The molecule has 2 aromatic carbocycles. The summed E-state index contributed by atoms with van der Waals surface area (Å²) in [5, 5.41) is 3.02. The first-order chi connectivity index (χ1) is 11.6. The molecule has 124 valence electrons. The average Bonchev–Trinajstić information content (AvgIpc) is 2.63. The highest BCUT2D eigenvalue weighted by Crippen LogP contribution is 2.18. The number of carbonyl (C=O) groups is 2. The van der Waals surface area contributed by atoms with Crippen LogP contribution in [0, 0.1) is 6.92 Å². The van der Waals surface area contributed by atoms with Gasteiger partial charge in [0.15, 0.2) is 0 Å². The normalized spacial score (nSPS) is 17.4. The van der Waals surface area contributed by atoms with E-state index in [4.69, 9.17) is 0 Å². The molecule has 24 heavy (non-hydrogen) atoms. The van der Waals surface area contributed by atoms with Gasteiger partial charge >= 0.3 is 0 Å². The lowest BCUT2D eigenvalue weighted by Crippen LogP contribution is -2.53. The molecule has 2 aromatic rings. The van der Waals surface area contributed by atoms with Gasteiger partial charge in [-0.2, -0.15) is 0 Å². The highest BCUT2D eigenvalue weighted by Gasteiger charge is 2.28. The number of nitrogens with one attached hydrogen (secondary N) is 1. The molecule has 1 N–H and O–H groups in total. The predicted octanol–water partition coefficient (Wildman–Crippen LogP) is 3.38. The Kier molecular flexibility index (Phi) is 4.94. The molecule has 0 bridgehead atoms. The van der Waals surface area contributed by atoms with E-state index in [0.717, 1.165) is 24.8 Å². The first-order valence-electron chi connectivity index (χ1n) is 8.39. The molecule has 0 aliphatic carbocycles. The van der Waals surface area contributed by atoms with E-state index < -0.39 is 0 Å². The largest absolute Gasteiger partial charge is 0.332 e. The Morgan fingerprint density at radius 3 is 2.38 bits per heavy atom. The van der Waals surface area contributed by atoms with Crippen LogP contribution < -0.4 is 5.32 Å². The van der Waals surface area contributed by atoms with Crippen molar-refractivity contribution in [2.24, 2.45) is 0 Å². The lowest BCUT2D eigenvalue weighted by Gasteiger charge is -2.36. The van der Waals surface area contributed by atoms with Crippen molar-refractivity contribution in [2.75, 3.05) is 6.54 Å². The fourth-order valence-electron chi connectivity index (χ4n) is 3.01. The van der Waals surface area contributed by atoms with E-state index in [2.05, 4.69) is 5.32 Å². The molecular weight excluding hydrogens is 300 g/mol. The maximum Gasteiger partial charge on any atom is 0.255 e. The minimum Gasteiger partial charge on any atom is -0.332 e. The first kappa shape index (κ1) is 16.2. The summed E-state index contributed by atoms with van der Waals surface area (Å²) in [5.74, 6) is -0.155. The van der Waals surface area contributed by atoms with Crippen LogP contribution in [-0.4, -0.2) is 29.4 Å². The highest BCUT2D eigenvalue weighted by molar-refractivity contribution is 5.96. The van der Waals surface area contributed by atoms with Crippen LogP contribution in [0.2, 0.25) is 0 Å². The van der Waals surface area contributed by atoms with Gasteiger partial charge in [0.1, 0.15) is 6.17 Å². The Labute approximate surface area is 142 Å². The molecule has 0 saturated carbocycles. The third kappa shape index (κ3) is 3.65. The maximum absolute atomic E-state index is 12.7. The lowest BCUT2D eigenvalue weighted by atomic mass is 10.0. The molecule has 3 rings (SSSR count). The summed E-state index contributed by atoms with van der Waals surface area (Å²) >= 11 is 0. The number of aryl methyl sites for hydroxylation is 1. The van der Waals surface area contributed by atoms with E-state index in [-0.39, 0.29) is 18.0 Å². The van der Waals surface area contributed by atoms with Gasteiger partial charge in [0, 0.05) is 17.7 Å². The van der Waals surface area contributed by atoms with E-state index >= 15 is 0 Å². The van der Waals surface area contributed by atoms with E-state index in [1.54, 1.807) is 4.90 Å². The number of nitrogens with zero attached hydrogens (tertiary/aromatic N) is 1. The van der Waals surface area contributed by atoms with Crippen molar-refractivity contribution in [3.8, 4) is 0 Å². The van der Waals surface area contributed by atoms with Crippen molar-refractivity contribution in [3.63, 3.8) is 0 Å². The van der Waals surface area contributed by atoms with Gasteiger partial charge in [0.25, 0.3) is 11.8 Å². The van der Waals surface area contributed by atoms with Gasteiger partial charge in [-0.25, -0.2) is 0 Å². The monoisotopic (exact) mass is 322 g/mol. The molecular formula is C20H22N2O2. The van der Waals surface area contributed by atoms with Crippen molar-refractivity contribution in [3.05, 3.63) is 71.3 Å². The predicted molar refractivity (Wildman–Crippen MR) is 93.8 cm³/mol. The van der Waals surface area contributed by atoms with Crippen LogP contribution in [-0.2, 0) is 0 Å². The Morgan fingerprint density at radius 1 is 0.958 bits per heavy atom. The molecule has 1 saturated heterocycles. The van der Waals surface area contributed by atoms with Gasteiger partial charge in [0.2, 0.25) is 0 Å². The van der Waals surface area contributed by atoms with Crippen molar-refractivity contribution in [2.45, 2.75) is 32.4 Å². The second-order valence-corrected chi connectivity index (χ2v) is 6.22. The molecule has 1 heterocycles. The summed E-state index contributed by atoms with van der Waals surface area (Å²) in [5.41, 5.74) is 2.40. The zero-order valence-corrected chi connectivity index (χ0v) is 13.9. The third-order valence-corrected chi connectivity index (χ3v) is 4.40. The Balaban J connectivity index is 1.74. The van der Waals surface area contributed by atoms with E-state index in [0.29, 0.717) is 17.7 Å². The summed E-state index contributed by atoms with van der Waals surface area (Å²) in [6.07, 6.45) is 2.52. The maximum atomic E-state index is 12.7. The summed E-state index contributed by atoms with van der Waals surface area (Å²) in [6.45, 7) is 2.66. The van der Waals surface area contributed by atoms with E-state index in [1.807, 2.05) is 61.5 Å². The van der Waals surface area contributed by atoms with Gasteiger partial charge in [0.05, 0.1) is 0 Å². The Hall–Kier alpha value is -2.62. The van der Waals surface area contributed by atoms with Crippen molar-refractivity contribution in [1.29, 1.82) is 0 Å². The second-order valence-electron chi connectivity index (χ2n) is 6.22. The molecule has 4 nitrogen and oxygen atoms in total. The average molecular weight is 322 g/mol. The van der Waals surface area contributed by atoms with Crippen molar-refractivity contribution in [1.82, 2.24) is 10.2 Å². The zero-order valence-electron chi connectivity index (χ0n) is 13.9. The number of hydrogen-bond acceptors (Lipinski definition) is 2. The first-order valence-corrected chi connectivity index (χ1v) is 8.39. The number of rotatable bonds is 3. The van der Waals surface area contributed by atoms with Gasteiger partial charge in [-0.15, -0.1) is 0 Å². The smallest absolute Gasteiger partial charge is 0.255 e. The number of piperidine rings is 1. The van der Waals surface area contributed by atoms with Gasteiger partial charge < -0.3 is 10.2 Å². The zero-order chi connectivity index (χ0) is 16.9. The van der Waals surface area contributed by atoms with Crippen molar-refractivity contribution < 1.29 is 9.59 Å². The van der Waals surface area contributed by atoms with Crippen LogP contribution in [0.15, 0.2) is 54.6 Å². The topological polar surface area (TPSA) is 49.4 Å². The van der Waals surface area contributed by atoms with Gasteiger partial charge in [-0.05, 0) is 50.5 Å². The van der Waals surface area contributed by atoms with Crippen LogP contribution in [0.25, 0.3) is 0 Å². The number of benzene rings is 2. The Bertz CT molecular complexity index is 710. The Morgan fingerprint density at radius 2 is 1.67 bits per heavy atom. The molecule has 4 heteroatoms. The number of amides is 2. The summed E-state index contributed by atoms with van der Waals surface area (Å²) in [6, 6.07) is 16.7. The van der Waals surface area contributed by atoms with Crippen molar-refractivity contribution >= 4 is 11.8 Å². The minimum atomic E-state index is -0.250. The van der Waals surface area contributed by atoms with Crippen LogP contribution in [0.4, 0.5) is 0 Å². The standard InChI is InChI=1S/C20H22N2O2/c1-15-10-12-16(13-11-15)19(23)21-18-9-5-6-14-22(18)20(24)17-7-3-2-4-8-17/h2-4,7-8,10-13,18H,5-6,9,14H2,1H3,(H,21,23). The van der Waals surface area contributed by atoms with E-state index in [1.165, 1.54) is 0 Å². The third-order valence-electron chi connectivity index (χ3n) is 4.40. The van der Waals surface area contributed by atoms with Gasteiger partial charge in [-0.3, -0.25) is 9.59 Å². The molecule has 1 aliphatic heterocycles. The molecule has 0 radical (unpaired) electrons. The molecule has 1 atom stereocenters. The number of hydrogen-bond donors (Lipinski definition) is 1. The van der Waals surface area contributed by atoms with Crippen LogP contribution >= 0.6 is 0 Å². The van der Waals surface area contributed by atoms with Crippen LogP contribution in [0.1, 0.15) is 45.5 Å². The fraction of sp³-hybridized carbons (Fsp3) is 0.300. The van der Waals surface area contributed by atoms with Crippen LogP contribution in [0.5, 0.6) is 0 Å². The molecule has 1 fully saturated rings. The van der Waals surface area contributed by atoms with Gasteiger partial charge in [-0.1, -0.05) is 35.9 Å². The number of likely N-dealkylation sites (tertiary alicyclic amines) is 1. The molecule has 0 spiro atoms. The molecule has 1 unspecified atom stereocenters. The second kappa shape index (κ2) is 7.30.